The van der Waals surface area contributed by atoms with Crippen LogP contribution in [0.2, 0.25) is 0 Å². The van der Waals surface area contributed by atoms with E-state index >= 15 is 0 Å². The van der Waals surface area contributed by atoms with Gasteiger partial charge in [-0.2, -0.15) is 0 Å². The van der Waals surface area contributed by atoms with E-state index in [-0.39, 0.29) is 12.4 Å². The van der Waals surface area contributed by atoms with Gasteiger partial charge in [-0.05, 0) is 34.1 Å². The Morgan fingerprint density at radius 3 is 2.48 bits per heavy atom. The zero-order valence-electron chi connectivity index (χ0n) is 14.8. The summed E-state index contributed by atoms with van der Waals surface area (Å²) in [6.45, 7) is 9.72. The maximum absolute atomic E-state index is 12.3. The fraction of sp³-hybridized carbons (Fsp3) is 0.706. The number of carbonyl (C=O) groups excluding carboxylic acids is 2. The highest BCUT2D eigenvalue weighted by Crippen LogP contribution is 2.14. The SMILES string of the molecule is CCCCc1nc(CCC(=O)OCC)cn1C(=O)OC(C)(C)C. The molecule has 130 valence electrons. The molecule has 1 rings (SSSR count). The van der Waals surface area contributed by atoms with Crippen LogP contribution >= 0.6 is 0 Å². The van der Waals surface area contributed by atoms with Crippen molar-refractivity contribution in [3.63, 3.8) is 0 Å². The Kier molecular flexibility index (Phi) is 7.26. The molecule has 1 aromatic heterocycles. The van der Waals surface area contributed by atoms with Crippen molar-refractivity contribution in [3.8, 4) is 0 Å². The van der Waals surface area contributed by atoms with E-state index in [9.17, 15) is 9.59 Å². The van der Waals surface area contributed by atoms with Gasteiger partial charge in [-0.15, -0.1) is 0 Å². The number of hydrogen-bond donors (Lipinski definition) is 0. The van der Waals surface area contributed by atoms with E-state index < -0.39 is 11.7 Å². The topological polar surface area (TPSA) is 70.4 Å². The van der Waals surface area contributed by atoms with Gasteiger partial charge < -0.3 is 9.47 Å². The van der Waals surface area contributed by atoms with Crippen molar-refractivity contribution in [1.82, 2.24) is 9.55 Å². The predicted octanol–water partition coefficient (Wildman–Crippen LogP) is 3.50. The largest absolute Gasteiger partial charge is 0.466 e. The van der Waals surface area contributed by atoms with Gasteiger partial charge in [0.15, 0.2) is 0 Å². The molecule has 0 aromatic carbocycles. The number of ether oxygens (including phenoxy) is 2. The van der Waals surface area contributed by atoms with Crippen molar-refractivity contribution >= 4 is 12.1 Å². The molecule has 0 aliphatic rings. The molecule has 0 fully saturated rings. The molecule has 0 bridgehead atoms. The number of rotatable bonds is 7. The Morgan fingerprint density at radius 1 is 1.22 bits per heavy atom. The number of unbranched alkanes of at least 4 members (excludes halogenated alkanes) is 1. The quantitative estimate of drug-likeness (QED) is 0.718. The molecule has 6 nitrogen and oxygen atoms in total. The minimum atomic E-state index is -0.561. The molecule has 0 N–H and O–H groups in total. The highest BCUT2D eigenvalue weighted by atomic mass is 16.6. The van der Waals surface area contributed by atoms with Crippen LogP contribution < -0.4 is 0 Å². The summed E-state index contributed by atoms with van der Waals surface area (Å²) in [4.78, 5) is 28.2. The van der Waals surface area contributed by atoms with E-state index in [0.29, 0.717) is 31.0 Å². The molecule has 0 radical (unpaired) electrons. The number of aromatic nitrogens is 2. The smallest absolute Gasteiger partial charge is 0.419 e. The first kappa shape index (κ1) is 19.2. The number of imidazole rings is 1. The highest BCUT2D eigenvalue weighted by Gasteiger charge is 2.21. The highest BCUT2D eigenvalue weighted by molar-refractivity contribution is 5.72. The molecule has 0 saturated heterocycles. The zero-order chi connectivity index (χ0) is 17.5. The molecule has 0 aliphatic carbocycles. The van der Waals surface area contributed by atoms with Gasteiger partial charge in [0.05, 0.1) is 18.7 Å². The lowest BCUT2D eigenvalue weighted by Crippen LogP contribution is -2.27. The van der Waals surface area contributed by atoms with Gasteiger partial charge in [-0.1, -0.05) is 13.3 Å². The van der Waals surface area contributed by atoms with Crippen molar-refractivity contribution in [1.29, 1.82) is 0 Å². The average Bonchev–Trinajstić information content (AvgIpc) is 2.85. The van der Waals surface area contributed by atoms with E-state index in [1.54, 1.807) is 13.1 Å². The Hall–Kier alpha value is -1.85. The molecule has 23 heavy (non-hydrogen) atoms. The number of esters is 1. The summed E-state index contributed by atoms with van der Waals surface area (Å²) in [6, 6.07) is 0. The van der Waals surface area contributed by atoms with Crippen LogP contribution in [0.25, 0.3) is 0 Å². The predicted molar refractivity (Wildman–Crippen MR) is 87.4 cm³/mol. The summed E-state index contributed by atoms with van der Waals surface area (Å²) in [6.07, 6.45) is 4.60. The third-order valence-electron chi connectivity index (χ3n) is 3.06. The molecule has 0 aliphatic heterocycles. The van der Waals surface area contributed by atoms with E-state index in [1.165, 1.54) is 4.57 Å². The van der Waals surface area contributed by atoms with Crippen molar-refractivity contribution < 1.29 is 19.1 Å². The van der Waals surface area contributed by atoms with Crippen molar-refractivity contribution in [3.05, 3.63) is 17.7 Å². The monoisotopic (exact) mass is 324 g/mol. The first-order valence-electron chi connectivity index (χ1n) is 8.23. The minimum absolute atomic E-state index is 0.255. The van der Waals surface area contributed by atoms with E-state index in [1.807, 2.05) is 20.8 Å². The normalized spacial score (nSPS) is 11.3. The van der Waals surface area contributed by atoms with E-state index in [0.717, 1.165) is 12.8 Å². The molecular weight excluding hydrogens is 296 g/mol. The van der Waals surface area contributed by atoms with Crippen LogP contribution in [0.5, 0.6) is 0 Å². The van der Waals surface area contributed by atoms with Crippen LogP contribution in [0, 0.1) is 0 Å². The molecule has 0 atom stereocenters. The van der Waals surface area contributed by atoms with Crippen LogP contribution in [0.15, 0.2) is 6.20 Å². The van der Waals surface area contributed by atoms with Gasteiger partial charge in [0.2, 0.25) is 0 Å². The average molecular weight is 324 g/mol. The molecule has 0 saturated carbocycles. The van der Waals surface area contributed by atoms with Gasteiger partial charge in [-0.3, -0.25) is 4.79 Å². The molecule has 0 amide bonds. The second-order valence-electron chi connectivity index (χ2n) is 6.41. The van der Waals surface area contributed by atoms with Gasteiger partial charge >= 0.3 is 12.1 Å². The van der Waals surface area contributed by atoms with Crippen molar-refractivity contribution in [2.75, 3.05) is 6.61 Å². The lowest BCUT2D eigenvalue weighted by molar-refractivity contribution is -0.143. The maximum Gasteiger partial charge on any atom is 0.419 e. The van der Waals surface area contributed by atoms with Crippen LogP contribution in [0.4, 0.5) is 4.79 Å². The van der Waals surface area contributed by atoms with E-state index in [4.69, 9.17) is 9.47 Å². The van der Waals surface area contributed by atoms with Gasteiger partial charge in [0.1, 0.15) is 11.4 Å². The molecule has 1 aromatic rings. The number of carbonyl (C=O) groups is 2. The molecule has 0 spiro atoms. The summed E-state index contributed by atoms with van der Waals surface area (Å²) in [5, 5.41) is 0. The molecule has 6 heteroatoms. The fourth-order valence-corrected chi connectivity index (χ4v) is 2.04. The first-order chi connectivity index (χ1) is 10.8. The van der Waals surface area contributed by atoms with Gasteiger partial charge in [0.25, 0.3) is 0 Å². The number of nitrogens with zero attached hydrogens (tertiary/aromatic N) is 2. The Bertz CT molecular complexity index is 529. The Labute approximate surface area is 138 Å². The first-order valence-corrected chi connectivity index (χ1v) is 8.23. The zero-order valence-corrected chi connectivity index (χ0v) is 14.8. The maximum atomic E-state index is 12.3. The summed E-state index contributed by atoms with van der Waals surface area (Å²) in [7, 11) is 0. The van der Waals surface area contributed by atoms with Crippen LogP contribution in [0.3, 0.4) is 0 Å². The molecule has 1 heterocycles. The summed E-state index contributed by atoms with van der Waals surface area (Å²) < 4.78 is 11.8. The van der Waals surface area contributed by atoms with Crippen LogP contribution in [-0.2, 0) is 27.1 Å². The lowest BCUT2D eigenvalue weighted by Gasteiger charge is -2.20. The second-order valence-corrected chi connectivity index (χ2v) is 6.41. The summed E-state index contributed by atoms with van der Waals surface area (Å²) in [5.41, 5.74) is 0.143. The fourth-order valence-electron chi connectivity index (χ4n) is 2.04. The third kappa shape index (κ3) is 6.84. The van der Waals surface area contributed by atoms with E-state index in [2.05, 4.69) is 11.9 Å². The number of hydrogen-bond acceptors (Lipinski definition) is 5. The molecular formula is C17H28N2O4. The van der Waals surface area contributed by atoms with Gasteiger partial charge in [0, 0.05) is 19.0 Å². The summed E-state index contributed by atoms with van der Waals surface area (Å²) >= 11 is 0. The van der Waals surface area contributed by atoms with Crippen molar-refractivity contribution in [2.24, 2.45) is 0 Å². The summed E-state index contributed by atoms with van der Waals surface area (Å²) in [5.74, 6) is 0.425. The van der Waals surface area contributed by atoms with Gasteiger partial charge in [-0.25, -0.2) is 14.3 Å². The standard InChI is InChI=1S/C17H28N2O4/c1-6-8-9-14-18-13(10-11-15(20)22-7-2)12-19(14)16(21)23-17(3,4)5/h12H,6-11H2,1-5H3. The molecule has 0 unspecified atom stereocenters. The van der Waals surface area contributed by atoms with Crippen molar-refractivity contribution in [2.45, 2.75) is 72.3 Å². The van der Waals surface area contributed by atoms with Crippen LogP contribution in [0.1, 0.15) is 65.4 Å². The van der Waals surface area contributed by atoms with Crippen LogP contribution in [-0.4, -0.2) is 33.8 Å². The minimum Gasteiger partial charge on any atom is -0.466 e. The Morgan fingerprint density at radius 2 is 1.91 bits per heavy atom. The Balaban J connectivity index is 2.85. The lowest BCUT2D eigenvalue weighted by atomic mass is 10.2. The third-order valence-corrected chi connectivity index (χ3v) is 3.06. The second kappa shape index (κ2) is 8.70. The number of aryl methyl sites for hydroxylation is 2.